The second-order valence-electron chi connectivity index (χ2n) is 16.9. The zero-order valence-corrected chi connectivity index (χ0v) is 36.8. The van der Waals surface area contributed by atoms with E-state index in [9.17, 15) is 37.1 Å². The number of urea groups is 1. The van der Waals surface area contributed by atoms with E-state index in [-0.39, 0.29) is 72.2 Å². The molecule has 20 heteroatoms. The molecular weight excluding hydrogens is 851 g/mol. The number of alkyl halides is 3. The zero-order chi connectivity index (χ0) is 44.0. The van der Waals surface area contributed by atoms with Crippen LogP contribution in [0.3, 0.4) is 0 Å². The van der Waals surface area contributed by atoms with E-state index >= 15 is 0 Å². The van der Waals surface area contributed by atoms with Crippen molar-refractivity contribution in [2.75, 3.05) is 38.1 Å². The van der Waals surface area contributed by atoms with Crippen molar-refractivity contribution in [1.29, 1.82) is 5.26 Å². The summed E-state index contributed by atoms with van der Waals surface area (Å²) < 4.78 is 49.7. The van der Waals surface area contributed by atoms with E-state index in [1.807, 2.05) is 18.2 Å². The smallest absolute Gasteiger partial charge is 0.377 e. The largest absolute Gasteiger partial charge is 0.417 e. The lowest BCUT2D eigenvalue weighted by Crippen LogP contribution is -2.58. The van der Waals surface area contributed by atoms with Crippen LogP contribution < -0.4 is 10.6 Å². The summed E-state index contributed by atoms with van der Waals surface area (Å²) in [7, 11) is 1.77. The summed E-state index contributed by atoms with van der Waals surface area (Å²) >= 11 is 0.631. The number of rotatable bonds is 11. The number of piperazine rings is 1. The number of piperidine rings is 1. The van der Waals surface area contributed by atoms with Crippen LogP contribution in [0.15, 0.2) is 41.3 Å². The van der Waals surface area contributed by atoms with Gasteiger partial charge in [0.1, 0.15) is 5.54 Å². The van der Waals surface area contributed by atoms with Gasteiger partial charge in [0.2, 0.25) is 17.7 Å². The molecule has 2 N–H and O–H groups in total. The van der Waals surface area contributed by atoms with Gasteiger partial charge in [-0.05, 0) is 96.0 Å². The molecule has 4 heterocycles. The summed E-state index contributed by atoms with van der Waals surface area (Å²) in [6, 6.07) is 9.53. The third-order valence-electron chi connectivity index (χ3n) is 12.3. The highest BCUT2D eigenvalue weighted by Crippen LogP contribution is 2.42. The third kappa shape index (κ3) is 9.44. The lowest BCUT2D eigenvalue weighted by molar-refractivity contribution is -0.138. The molecule has 1 unspecified atom stereocenters. The summed E-state index contributed by atoms with van der Waals surface area (Å²) in [5.41, 5.74) is -0.984. The number of anilines is 1. The Hall–Kier alpha value is -4.74. The number of aromatic nitrogens is 2. The van der Waals surface area contributed by atoms with Gasteiger partial charge in [-0.1, -0.05) is 12.1 Å². The Morgan fingerprint density at radius 1 is 1.05 bits per heavy atom. The number of benzene rings is 2. The summed E-state index contributed by atoms with van der Waals surface area (Å²) in [4.78, 5) is 71.0. The van der Waals surface area contributed by atoms with Crippen LogP contribution in [-0.4, -0.2) is 121 Å². The minimum Gasteiger partial charge on any atom is -0.377 e. The number of hydrogen-bond acceptors (Lipinski definition) is 11. The monoisotopic (exact) mass is 901 g/mol. The van der Waals surface area contributed by atoms with Crippen molar-refractivity contribution in [3.8, 4) is 6.07 Å². The standard InChI is InChI=1S/C42H50F3N9O6S.ClH/c1-24-21-51(22-25(2)52(24)23-35(56)47-33-8-6-7-30-36(49-50(5)37(30)33)31-15-16-34(55)48-38(31)57)17-18-60-28-12-10-27(11-13-28)53-40(59)54(39(58)41(53,3)4)61-29-14-9-26(20-46)32(19-29)42(43,44)45;/h6-9,14,19,24-25,27-28,31H,10-13,15-18,21-23H2,1-5H3,(H,47,56)(H,48,55,57);1H/t24-,25+,27?,28?,31?;. The number of carbonyl (C=O) groups is 5. The number of nitriles is 1. The first kappa shape index (κ1) is 46.8. The first-order chi connectivity index (χ1) is 28.9. The number of imide groups is 2. The molecule has 1 saturated carbocycles. The normalized spacial score (nSPS) is 24.9. The Morgan fingerprint density at radius 2 is 1.74 bits per heavy atom. The van der Waals surface area contributed by atoms with Gasteiger partial charge in [0.15, 0.2) is 0 Å². The summed E-state index contributed by atoms with van der Waals surface area (Å²) in [6.45, 7) is 10.4. The van der Waals surface area contributed by atoms with Gasteiger partial charge >= 0.3 is 12.2 Å². The Labute approximate surface area is 368 Å². The minimum atomic E-state index is -4.77. The van der Waals surface area contributed by atoms with E-state index in [4.69, 9.17) is 10.00 Å². The quantitative estimate of drug-likeness (QED) is 0.135. The van der Waals surface area contributed by atoms with E-state index in [0.29, 0.717) is 74.1 Å². The Kier molecular flexibility index (Phi) is 14.0. The summed E-state index contributed by atoms with van der Waals surface area (Å²) in [5.74, 6) is -1.89. The Balaban J connectivity index is 0.00000641. The van der Waals surface area contributed by atoms with Crippen LogP contribution in [-0.2, 0) is 37.1 Å². The molecule has 4 fully saturated rings. The van der Waals surface area contributed by atoms with E-state index in [1.165, 1.54) is 6.07 Å². The van der Waals surface area contributed by atoms with Crippen molar-refractivity contribution in [1.82, 2.24) is 34.1 Å². The summed E-state index contributed by atoms with van der Waals surface area (Å²) in [6.07, 6.45) is -1.62. The molecule has 334 valence electrons. The fourth-order valence-corrected chi connectivity index (χ4v) is 10.3. The molecule has 4 aliphatic rings. The predicted molar refractivity (Wildman–Crippen MR) is 226 cm³/mol. The molecule has 3 atom stereocenters. The van der Waals surface area contributed by atoms with Gasteiger partial charge in [-0.2, -0.15) is 27.8 Å². The van der Waals surface area contributed by atoms with Gasteiger partial charge < -0.3 is 15.0 Å². The first-order valence-electron chi connectivity index (χ1n) is 20.5. The third-order valence-corrected chi connectivity index (χ3v) is 13.3. The number of hydrogen-bond donors (Lipinski definition) is 2. The van der Waals surface area contributed by atoms with Crippen molar-refractivity contribution >= 4 is 70.6 Å². The number of halogens is 4. The maximum Gasteiger partial charge on any atom is 0.417 e. The molecular formula is C42H51ClF3N9O6S. The van der Waals surface area contributed by atoms with E-state index in [0.717, 1.165) is 34.9 Å². The Morgan fingerprint density at radius 3 is 2.39 bits per heavy atom. The molecule has 2 aromatic carbocycles. The van der Waals surface area contributed by atoms with Crippen LogP contribution >= 0.6 is 24.4 Å². The lowest BCUT2D eigenvalue weighted by atomic mass is 9.89. The van der Waals surface area contributed by atoms with E-state index in [2.05, 4.69) is 39.4 Å². The number of para-hydroxylation sites is 1. The number of ether oxygens (including phenoxy) is 1. The van der Waals surface area contributed by atoms with E-state index < -0.39 is 40.7 Å². The predicted octanol–water partition coefficient (Wildman–Crippen LogP) is 5.82. The molecule has 3 aliphatic heterocycles. The van der Waals surface area contributed by atoms with Crippen LogP contribution in [0, 0.1) is 11.3 Å². The second-order valence-corrected chi connectivity index (χ2v) is 17.9. The van der Waals surface area contributed by atoms with Crippen molar-refractivity contribution in [3.63, 3.8) is 0 Å². The average Bonchev–Trinajstić information content (AvgIpc) is 3.62. The molecule has 1 aromatic heterocycles. The highest BCUT2D eigenvalue weighted by molar-refractivity contribution is 7.98. The lowest BCUT2D eigenvalue weighted by Gasteiger charge is -2.44. The highest BCUT2D eigenvalue weighted by atomic mass is 35.5. The summed E-state index contributed by atoms with van der Waals surface area (Å²) in [5, 5.41) is 20.0. The van der Waals surface area contributed by atoms with Crippen LogP contribution in [0.25, 0.3) is 10.9 Å². The van der Waals surface area contributed by atoms with Crippen LogP contribution in [0.4, 0.5) is 23.7 Å². The number of aryl methyl sites for hydroxylation is 1. The molecule has 15 nitrogen and oxygen atoms in total. The molecule has 7 rings (SSSR count). The van der Waals surface area contributed by atoms with Crippen LogP contribution in [0.1, 0.15) is 89.0 Å². The first-order valence-corrected chi connectivity index (χ1v) is 21.3. The molecule has 0 bridgehead atoms. The van der Waals surface area contributed by atoms with Gasteiger partial charge in [-0.15, -0.1) is 12.4 Å². The van der Waals surface area contributed by atoms with Gasteiger partial charge in [0.05, 0.1) is 59.3 Å². The van der Waals surface area contributed by atoms with Gasteiger partial charge in [0.25, 0.3) is 5.91 Å². The second kappa shape index (κ2) is 18.5. The molecule has 3 aromatic rings. The minimum absolute atomic E-state index is 0. The topological polar surface area (TPSA) is 173 Å². The molecule has 0 radical (unpaired) electrons. The zero-order valence-electron chi connectivity index (χ0n) is 35.2. The number of carbonyl (C=O) groups excluding carboxylic acids is 5. The fraction of sp³-hybridized carbons (Fsp3) is 0.548. The van der Waals surface area contributed by atoms with Crippen molar-refractivity contribution in [2.45, 2.75) is 113 Å². The molecule has 6 amide bonds. The Bertz CT molecular complexity index is 2260. The molecule has 0 spiro atoms. The maximum atomic E-state index is 13.7. The van der Waals surface area contributed by atoms with Gasteiger partial charge in [-0.3, -0.25) is 39.0 Å². The van der Waals surface area contributed by atoms with Crippen molar-refractivity contribution in [3.05, 3.63) is 53.2 Å². The number of nitrogens with zero attached hydrogens (tertiary/aromatic N) is 7. The van der Waals surface area contributed by atoms with Crippen molar-refractivity contribution in [2.24, 2.45) is 7.05 Å². The number of amides is 6. The molecule has 3 saturated heterocycles. The van der Waals surface area contributed by atoms with Crippen molar-refractivity contribution < 1.29 is 41.9 Å². The fourth-order valence-electron chi connectivity index (χ4n) is 9.30. The maximum absolute atomic E-state index is 13.7. The SMILES string of the molecule is C[C@@H]1CN(CCOC2CCC(N3C(=O)N(Sc4ccc(C#N)c(C(F)(F)F)c4)C(=O)C3(C)C)CC2)C[C@H](C)N1CC(=O)Nc1cccc2c(C3CCC(=O)NC3=O)nn(C)c12.Cl. The molecule has 1 aliphatic carbocycles. The average molecular weight is 902 g/mol. The van der Waals surface area contributed by atoms with Crippen LogP contribution in [0.5, 0.6) is 0 Å². The highest BCUT2D eigenvalue weighted by Gasteiger charge is 2.55. The van der Waals surface area contributed by atoms with Gasteiger partial charge in [0, 0.05) is 61.5 Å². The van der Waals surface area contributed by atoms with Gasteiger partial charge in [-0.25, -0.2) is 4.79 Å². The van der Waals surface area contributed by atoms with E-state index in [1.54, 1.807) is 36.5 Å². The number of nitrogens with one attached hydrogen (secondary N) is 2. The number of fused-ring (bicyclic) bond motifs is 1. The molecule has 62 heavy (non-hydrogen) atoms. The van der Waals surface area contributed by atoms with Crippen LogP contribution in [0.2, 0.25) is 0 Å².